The molecule has 1 heteroatoms. The third kappa shape index (κ3) is 2.01. The highest BCUT2D eigenvalue weighted by Gasteiger charge is 2.52. The molecule has 2 unspecified atom stereocenters. The van der Waals surface area contributed by atoms with Crippen molar-refractivity contribution in [3.05, 3.63) is 35.4 Å². The van der Waals surface area contributed by atoms with Crippen LogP contribution < -0.4 is 5.32 Å². The van der Waals surface area contributed by atoms with Gasteiger partial charge < -0.3 is 5.32 Å². The van der Waals surface area contributed by atoms with E-state index in [9.17, 15) is 0 Å². The second kappa shape index (κ2) is 4.58. The van der Waals surface area contributed by atoms with E-state index in [0.717, 1.165) is 19.0 Å². The topological polar surface area (TPSA) is 12.0 Å². The molecule has 1 aliphatic carbocycles. The van der Waals surface area contributed by atoms with Crippen LogP contribution in [0.1, 0.15) is 37.8 Å². The largest absolute Gasteiger partial charge is 0.316 e. The van der Waals surface area contributed by atoms with E-state index in [1.807, 2.05) is 0 Å². The number of hydrogen-bond acceptors (Lipinski definition) is 1. The van der Waals surface area contributed by atoms with Gasteiger partial charge in [0.2, 0.25) is 0 Å². The maximum Gasteiger partial charge on any atom is 0.0109 e. The Labute approximate surface area is 99.3 Å². The minimum Gasteiger partial charge on any atom is -0.316 e. The predicted octanol–water partition coefficient (Wildman–Crippen LogP) is 3.27. The van der Waals surface area contributed by atoms with E-state index >= 15 is 0 Å². The Morgan fingerprint density at radius 3 is 2.62 bits per heavy atom. The maximum absolute atomic E-state index is 3.59. The molecule has 0 saturated heterocycles. The summed E-state index contributed by atoms with van der Waals surface area (Å²) in [6, 6.07) is 8.86. The van der Waals surface area contributed by atoms with E-state index in [1.54, 1.807) is 5.56 Å². The molecular formula is C15H23N. The summed E-state index contributed by atoms with van der Waals surface area (Å²) in [4.78, 5) is 0. The van der Waals surface area contributed by atoms with Gasteiger partial charge >= 0.3 is 0 Å². The van der Waals surface area contributed by atoms with Crippen LogP contribution >= 0.6 is 0 Å². The van der Waals surface area contributed by atoms with Gasteiger partial charge in [-0.05, 0) is 43.4 Å². The van der Waals surface area contributed by atoms with Crippen molar-refractivity contribution in [2.24, 2.45) is 5.92 Å². The van der Waals surface area contributed by atoms with Crippen molar-refractivity contribution in [2.45, 2.75) is 39.0 Å². The first kappa shape index (κ1) is 11.7. The van der Waals surface area contributed by atoms with Gasteiger partial charge in [0.15, 0.2) is 0 Å². The van der Waals surface area contributed by atoms with Crippen LogP contribution in [0.5, 0.6) is 0 Å². The summed E-state index contributed by atoms with van der Waals surface area (Å²) in [6.45, 7) is 9.12. The molecule has 0 heterocycles. The lowest BCUT2D eigenvalue weighted by atomic mass is 9.90. The van der Waals surface area contributed by atoms with Crippen LogP contribution in [0.25, 0.3) is 0 Å². The molecule has 1 aromatic rings. The standard InChI is InChI=1S/C15H23N/c1-4-9-16-11-15(10-13(15)3)14-8-6-5-7-12(14)2/h5-8,13,16H,4,9-11H2,1-3H3. The van der Waals surface area contributed by atoms with E-state index in [-0.39, 0.29) is 0 Å². The highest BCUT2D eigenvalue weighted by atomic mass is 14.9. The highest BCUT2D eigenvalue weighted by molar-refractivity contribution is 5.39. The molecule has 0 aromatic heterocycles. The fourth-order valence-corrected chi connectivity index (χ4v) is 2.82. The fraction of sp³-hybridized carbons (Fsp3) is 0.600. The number of hydrogen-bond donors (Lipinski definition) is 1. The van der Waals surface area contributed by atoms with E-state index < -0.39 is 0 Å². The van der Waals surface area contributed by atoms with Crippen LogP contribution in [-0.4, -0.2) is 13.1 Å². The normalized spacial score (nSPS) is 28.1. The number of benzene rings is 1. The van der Waals surface area contributed by atoms with Gasteiger partial charge in [-0.15, -0.1) is 0 Å². The zero-order chi connectivity index (χ0) is 11.6. The third-order valence-corrected chi connectivity index (χ3v) is 4.00. The molecule has 16 heavy (non-hydrogen) atoms. The summed E-state index contributed by atoms with van der Waals surface area (Å²) in [5, 5.41) is 3.59. The first-order valence-corrected chi connectivity index (χ1v) is 6.47. The Hall–Kier alpha value is -0.820. The zero-order valence-electron chi connectivity index (χ0n) is 10.7. The lowest BCUT2D eigenvalue weighted by molar-refractivity contribution is 0.539. The summed E-state index contributed by atoms with van der Waals surface area (Å²) in [7, 11) is 0. The second-order valence-corrected chi connectivity index (χ2v) is 5.25. The smallest absolute Gasteiger partial charge is 0.0109 e. The Balaban J connectivity index is 2.13. The van der Waals surface area contributed by atoms with Crippen molar-refractivity contribution in [1.82, 2.24) is 5.32 Å². The SMILES string of the molecule is CCCNCC1(c2ccccc2C)CC1C. The lowest BCUT2D eigenvalue weighted by Gasteiger charge is -2.20. The van der Waals surface area contributed by atoms with Crippen LogP contribution in [-0.2, 0) is 5.41 Å². The molecule has 0 amide bonds. The summed E-state index contributed by atoms with van der Waals surface area (Å²) in [5.74, 6) is 0.831. The van der Waals surface area contributed by atoms with Gasteiger partial charge in [-0.25, -0.2) is 0 Å². The molecule has 1 saturated carbocycles. The van der Waals surface area contributed by atoms with Crippen molar-refractivity contribution in [2.75, 3.05) is 13.1 Å². The Morgan fingerprint density at radius 1 is 1.38 bits per heavy atom. The van der Waals surface area contributed by atoms with Crippen LogP contribution in [0.3, 0.4) is 0 Å². The van der Waals surface area contributed by atoms with Crippen molar-refractivity contribution >= 4 is 0 Å². The minimum atomic E-state index is 0.431. The van der Waals surface area contributed by atoms with Crippen LogP contribution in [0, 0.1) is 12.8 Å². The van der Waals surface area contributed by atoms with Crippen molar-refractivity contribution in [3.8, 4) is 0 Å². The summed E-state index contributed by atoms with van der Waals surface area (Å²) < 4.78 is 0. The molecule has 2 rings (SSSR count). The van der Waals surface area contributed by atoms with Gasteiger partial charge in [0, 0.05) is 12.0 Å². The van der Waals surface area contributed by atoms with Crippen LogP contribution in [0.2, 0.25) is 0 Å². The van der Waals surface area contributed by atoms with Crippen molar-refractivity contribution < 1.29 is 0 Å². The monoisotopic (exact) mass is 217 g/mol. The number of nitrogens with one attached hydrogen (secondary N) is 1. The Bertz CT molecular complexity index is 358. The molecular weight excluding hydrogens is 194 g/mol. The highest BCUT2D eigenvalue weighted by Crippen LogP contribution is 2.54. The van der Waals surface area contributed by atoms with Crippen molar-refractivity contribution in [1.29, 1.82) is 0 Å². The van der Waals surface area contributed by atoms with Gasteiger partial charge in [0.05, 0.1) is 0 Å². The maximum atomic E-state index is 3.59. The first-order chi connectivity index (χ1) is 7.70. The molecule has 0 radical (unpaired) electrons. The average molecular weight is 217 g/mol. The fourth-order valence-electron chi connectivity index (χ4n) is 2.82. The zero-order valence-corrected chi connectivity index (χ0v) is 10.7. The average Bonchev–Trinajstić information content (AvgIpc) is 2.91. The molecule has 1 aromatic carbocycles. The molecule has 1 fully saturated rings. The van der Waals surface area contributed by atoms with Gasteiger partial charge in [-0.3, -0.25) is 0 Å². The van der Waals surface area contributed by atoms with Gasteiger partial charge in [0.25, 0.3) is 0 Å². The molecule has 1 N–H and O–H groups in total. The van der Waals surface area contributed by atoms with Gasteiger partial charge in [0.1, 0.15) is 0 Å². The number of aryl methyl sites for hydroxylation is 1. The molecule has 2 atom stereocenters. The Kier molecular flexibility index (Phi) is 3.34. The van der Waals surface area contributed by atoms with E-state index in [2.05, 4.69) is 50.4 Å². The van der Waals surface area contributed by atoms with E-state index in [0.29, 0.717) is 5.41 Å². The number of rotatable bonds is 5. The van der Waals surface area contributed by atoms with Gasteiger partial charge in [-0.2, -0.15) is 0 Å². The summed E-state index contributed by atoms with van der Waals surface area (Å²) in [6.07, 6.45) is 2.56. The minimum absolute atomic E-state index is 0.431. The van der Waals surface area contributed by atoms with Crippen LogP contribution in [0.15, 0.2) is 24.3 Å². The summed E-state index contributed by atoms with van der Waals surface area (Å²) >= 11 is 0. The van der Waals surface area contributed by atoms with Crippen molar-refractivity contribution in [3.63, 3.8) is 0 Å². The molecule has 1 nitrogen and oxygen atoms in total. The molecule has 0 aliphatic heterocycles. The summed E-state index contributed by atoms with van der Waals surface area (Å²) in [5.41, 5.74) is 3.44. The van der Waals surface area contributed by atoms with Gasteiger partial charge in [-0.1, -0.05) is 38.1 Å². The molecule has 88 valence electrons. The van der Waals surface area contributed by atoms with E-state index in [4.69, 9.17) is 0 Å². The predicted molar refractivity (Wildman–Crippen MR) is 69.8 cm³/mol. The first-order valence-electron chi connectivity index (χ1n) is 6.47. The van der Waals surface area contributed by atoms with Crippen LogP contribution in [0.4, 0.5) is 0 Å². The molecule has 0 spiro atoms. The quantitative estimate of drug-likeness (QED) is 0.746. The second-order valence-electron chi connectivity index (χ2n) is 5.25. The van der Waals surface area contributed by atoms with E-state index in [1.165, 1.54) is 18.4 Å². The molecule has 0 bridgehead atoms. The Morgan fingerprint density at radius 2 is 2.06 bits per heavy atom. The lowest BCUT2D eigenvalue weighted by Crippen LogP contribution is -2.29. The third-order valence-electron chi connectivity index (χ3n) is 4.00. The molecule has 1 aliphatic rings.